The highest BCUT2D eigenvalue weighted by molar-refractivity contribution is 5.76. The molecule has 0 aliphatic carbocycles. The van der Waals surface area contributed by atoms with E-state index in [-0.39, 0.29) is 11.7 Å². The normalized spacial score (nSPS) is 13.7. The maximum absolute atomic E-state index is 13.5. The van der Waals surface area contributed by atoms with Gasteiger partial charge in [-0.3, -0.25) is 4.79 Å². The van der Waals surface area contributed by atoms with Gasteiger partial charge in [-0.25, -0.2) is 9.07 Å². The van der Waals surface area contributed by atoms with E-state index in [9.17, 15) is 9.18 Å². The van der Waals surface area contributed by atoms with E-state index in [0.717, 1.165) is 30.9 Å². The van der Waals surface area contributed by atoms with Crippen LogP contribution in [0.1, 0.15) is 30.5 Å². The average Bonchev–Trinajstić information content (AvgIpc) is 3.46. The van der Waals surface area contributed by atoms with Crippen LogP contribution in [0.3, 0.4) is 0 Å². The highest BCUT2D eigenvalue weighted by Crippen LogP contribution is 2.36. The predicted molar refractivity (Wildman–Crippen MR) is 128 cm³/mol. The first kappa shape index (κ1) is 23.8. The van der Waals surface area contributed by atoms with E-state index in [2.05, 4.69) is 15.3 Å². The van der Waals surface area contributed by atoms with Gasteiger partial charge in [0.25, 0.3) is 0 Å². The van der Waals surface area contributed by atoms with Gasteiger partial charge in [0.2, 0.25) is 11.8 Å². The Morgan fingerprint density at radius 1 is 1.09 bits per heavy atom. The number of carbonyl (C=O) groups is 1. The number of likely N-dealkylation sites (tertiary alicyclic amines) is 1. The number of amides is 1. The number of methoxy groups -OCH3 is 1. The Morgan fingerprint density at radius 3 is 2.50 bits per heavy atom. The molecule has 0 bridgehead atoms. The Bertz CT molecular complexity index is 1110. The maximum Gasteiger partial charge on any atom is 0.226 e. The number of aromatic nitrogens is 2. The molecule has 7 nitrogen and oxygen atoms in total. The number of para-hydroxylation sites is 2. The van der Waals surface area contributed by atoms with Crippen LogP contribution in [0.15, 0.2) is 48.5 Å². The molecule has 1 aliphatic heterocycles. The summed E-state index contributed by atoms with van der Waals surface area (Å²) in [5, 5.41) is 7.67. The van der Waals surface area contributed by atoms with Crippen molar-refractivity contribution in [3.63, 3.8) is 0 Å². The van der Waals surface area contributed by atoms with Crippen LogP contribution in [0.25, 0.3) is 5.69 Å². The van der Waals surface area contributed by atoms with E-state index in [4.69, 9.17) is 9.47 Å². The van der Waals surface area contributed by atoms with Crippen LogP contribution in [0.2, 0.25) is 0 Å². The van der Waals surface area contributed by atoms with Gasteiger partial charge in [0.1, 0.15) is 5.82 Å². The van der Waals surface area contributed by atoms with Crippen LogP contribution < -0.4 is 14.8 Å². The molecule has 1 fully saturated rings. The number of hydrogen-bond acceptors (Lipinski definition) is 5. The van der Waals surface area contributed by atoms with Crippen LogP contribution in [0, 0.1) is 12.7 Å². The van der Waals surface area contributed by atoms with Gasteiger partial charge in [0, 0.05) is 25.1 Å². The zero-order chi connectivity index (χ0) is 23.9. The number of nitrogens with one attached hydrogen (secondary N) is 1. The third-order valence-corrected chi connectivity index (χ3v) is 6.04. The smallest absolute Gasteiger partial charge is 0.226 e. The molecular weight excluding hydrogens is 435 g/mol. The SMILES string of the molecule is COc1ccccc1Oc1c(CCC(=O)NCCN2CCCC2)c(C)nn1-c1ccc(F)cc1. The first-order valence-electron chi connectivity index (χ1n) is 11.7. The number of aryl methyl sites for hydroxylation is 1. The summed E-state index contributed by atoms with van der Waals surface area (Å²) in [6.07, 6.45) is 3.26. The van der Waals surface area contributed by atoms with Crippen LogP contribution >= 0.6 is 0 Å². The lowest BCUT2D eigenvalue weighted by atomic mass is 10.1. The molecule has 1 N–H and O–H groups in total. The van der Waals surface area contributed by atoms with Crippen molar-refractivity contribution in [1.82, 2.24) is 20.0 Å². The van der Waals surface area contributed by atoms with Crippen LogP contribution in [0.4, 0.5) is 4.39 Å². The first-order chi connectivity index (χ1) is 16.5. The van der Waals surface area contributed by atoms with Gasteiger partial charge >= 0.3 is 0 Å². The van der Waals surface area contributed by atoms with Crippen molar-refractivity contribution in [3.8, 4) is 23.1 Å². The number of nitrogens with zero attached hydrogens (tertiary/aromatic N) is 3. The van der Waals surface area contributed by atoms with Gasteiger partial charge in [0.15, 0.2) is 11.5 Å². The second-order valence-corrected chi connectivity index (χ2v) is 8.41. The second kappa shape index (κ2) is 11.2. The van der Waals surface area contributed by atoms with Gasteiger partial charge in [-0.15, -0.1) is 0 Å². The molecule has 0 unspecified atom stereocenters. The molecule has 0 saturated carbocycles. The fraction of sp³-hybridized carbons (Fsp3) is 0.385. The zero-order valence-corrected chi connectivity index (χ0v) is 19.7. The molecule has 2 heterocycles. The van der Waals surface area contributed by atoms with Crippen molar-refractivity contribution in [1.29, 1.82) is 0 Å². The fourth-order valence-corrected chi connectivity index (χ4v) is 4.18. The number of benzene rings is 2. The Balaban J connectivity index is 1.53. The minimum absolute atomic E-state index is 0.00336. The Labute approximate surface area is 199 Å². The minimum Gasteiger partial charge on any atom is -0.493 e. The van der Waals surface area contributed by atoms with Crippen molar-refractivity contribution in [2.45, 2.75) is 32.6 Å². The molecule has 34 heavy (non-hydrogen) atoms. The highest BCUT2D eigenvalue weighted by atomic mass is 19.1. The Morgan fingerprint density at radius 2 is 1.79 bits per heavy atom. The largest absolute Gasteiger partial charge is 0.493 e. The van der Waals surface area contributed by atoms with Crippen molar-refractivity contribution in [2.75, 3.05) is 33.3 Å². The molecule has 3 aromatic rings. The molecule has 8 heteroatoms. The summed E-state index contributed by atoms with van der Waals surface area (Å²) in [6, 6.07) is 13.4. The molecule has 1 aromatic heterocycles. The van der Waals surface area contributed by atoms with Gasteiger partial charge in [-0.1, -0.05) is 12.1 Å². The number of halogens is 1. The van der Waals surface area contributed by atoms with E-state index in [1.54, 1.807) is 23.9 Å². The van der Waals surface area contributed by atoms with Gasteiger partial charge < -0.3 is 19.7 Å². The summed E-state index contributed by atoms with van der Waals surface area (Å²) in [4.78, 5) is 14.9. The van der Waals surface area contributed by atoms with E-state index >= 15 is 0 Å². The second-order valence-electron chi connectivity index (χ2n) is 8.41. The molecular formula is C26H31FN4O3. The quantitative estimate of drug-likeness (QED) is 0.483. The molecule has 0 radical (unpaired) electrons. The Hall–Kier alpha value is -3.39. The summed E-state index contributed by atoms with van der Waals surface area (Å²) in [5.41, 5.74) is 2.24. The summed E-state index contributed by atoms with van der Waals surface area (Å²) in [7, 11) is 1.58. The van der Waals surface area contributed by atoms with Gasteiger partial charge in [0.05, 0.1) is 18.5 Å². The predicted octanol–water partition coefficient (Wildman–Crippen LogP) is 4.27. The first-order valence-corrected chi connectivity index (χ1v) is 11.7. The molecule has 0 spiro atoms. The van der Waals surface area contributed by atoms with Crippen molar-refractivity contribution >= 4 is 5.91 Å². The van der Waals surface area contributed by atoms with Gasteiger partial charge in [-0.05, 0) is 75.7 Å². The number of carbonyl (C=O) groups excluding carboxylic acids is 1. The molecule has 1 aliphatic rings. The van der Waals surface area contributed by atoms with Crippen LogP contribution in [-0.4, -0.2) is 53.9 Å². The van der Waals surface area contributed by atoms with E-state index in [1.165, 1.54) is 25.0 Å². The summed E-state index contributed by atoms with van der Waals surface area (Å²) < 4.78 is 26.9. The topological polar surface area (TPSA) is 68.6 Å². The standard InChI is InChI=1S/C26H31FN4O3/c1-19-22(13-14-25(32)28-15-18-30-16-5-6-17-30)26(34-24-8-4-3-7-23(24)33-2)31(29-19)21-11-9-20(27)10-12-21/h3-4,7-12H,5-6,13-18H2,1-2H3,(H,28,32). The monoisotopic (exact) mass is 466 g/mol. The molecule has 4 rings (SSSR count). The molecule has 1 amide bonds. The van der Waals surface area contributed by atoms with Gasteiger partial charge in [-0.2, -0.15) is 5.10 Å². The lowest BCUT2D eigenvalue weighted by Crippen LogP contribution is -2.33. The van der Waals surface area contributed by atoms with Crippen molar-refractivity contribution in [2.24, 2.45) is 0 Å². The lowest BCUT2D eigenvalue weighted by molar-refractivity contribution is -0.121. The molecule has 2 aromatic carbocycles. The van der Waals surface area contributed by atoms with Crippen molar-refractivity contribution in [3.05, 3.63) is 65.6 Å². The highest BCUT2D eigenvalue weighted by Gasteiger charge is 2.21. The van der Waals surface area contributed by atoms with Crippen LogP contribution in [-0.2, 0) is 11.2 Å². The molecule has 180 valence electrons. The minimum atomic E-state index is -0.328. The zero-order valence-electron chi connectivity index (χ0n) is 19.7. The summed E-state index contributed by atoms with van der Waals surface area (Å²) in [5.74, 6) is 1.27. The number of ether oxygens (including phenoxy) is 2. The number of hydrogen-bond donors (Lipinski definition) is 1. The lowest BCUT2D eigenvalue weighted by Gasteiger charge is -2.15. The number of rotatable bonds is 10. The maximum atomic E-state index is 13.5. The van der Waals surface area contributed by atoms with E-state index < -0.39 is 0 Å². The average molecular weight is 467 g/mol. The van der Waals surface area contributed by atoms with E-state index in [1.807, 2.05) is 31.2 Å². The Kier molecular flexibility index (Phi) is 7.80. The molecule has 0 atom stereocenters. The third-order valence-electron chi connectivity index (χ3n) is 6.04. The van der Waals surface area contributed by atoms with Crippen LogP contribution in [0.5, 0.6) is 17.4 Å². The van der Waals surface area contributed by atoms with Crippen molar-refractivity contribution < 1.29 is 18.7 Å². The summed E-state index contributed by atoms with van der Waals surface area (Å²) in [6.45, 7) is 5.64. The third kappa shape index (κ3) is 5.75. The summed E-state index contributed by atoms with van der Waals surface area (Å²) >= 11 is 0. The molecule has 1 saturated heterocycles. The fourth-order valence-electron chi connectivity index (χ4n) is 4.18. The van der Waals surface area contributed by atoms with E-state index in [0.29, 0.717) is 42.5 Å².